The van der Waals surface area contributed by atoms with Crippen molar-refractivity contribution in [1.82, 2.24) is 9.78 Å². The number of carbonyl (C=O) groups is 1. The third kappa shape index (κ3) is 2.80. The highest BCUT2D eigenvalue weighted by atomic mass is 16.1. The molecule has 106 valence electrons. The molecule has 20 heavy (non-hydrogen) atoms. The monoisotopic (exact) mass is 271 g/mol. The molecule has 0 saturated carbocycles. The maximum absolute atomic E-state index is 12.5. The number of hydrogen-bond acceptors (Lipinski definition) is 3. The van der Waals surface area contributed by atoms with Crippen LogP contribution in [-0.4, -0.2) is 15.6 Å². The third-order valence-corrected chi connectivity index (χ3v) is 3.58. The van der Waals surface area contributed by atoms with Crippen molar-refractivity contribution in [3.05, 3.63) is 53.3 Å². The molecule has 1 heterocycles. The molecule has 1 unspecified atom stereocenters. The van der Waals surface area contributed by atoms with Crippen molar-refractivity contribution in [2.45, 2.75) is 39.3 Å². The van der Waals surface area contributed by atoms with Gasteiger partial charge in [-0.1, -0.05) is 30.3 Å². The van der Waals surface area contributed by atoms with Crippen molar-refractivity contribution in [1.29, 1.82) is 0 Å². The van der Waals surface area contributed by atoms with E-state index in [0.717, 1.165) is 23.5 Å². The number of aryl methyl sites for hydroxylation is 2. The van der Waals surface area contributed by atoms with Crippen LogP contribution in [0.3, 0.4) is 0 Å². The fourth-order valence-electron chi connectivity index (χ4n) is 2.31. The Morgan fingerprint density at radius 2 is 2.00 bits per heavy atom. The quantitative estimate of drug-likeness (QED) is 0.907. The molecule has 2 N–H and O–H groups in total. The minimum atomic E-state index is -0.974. The average molecular weight is 271 g/mol. The standard InChI is InChI=1S/C16H21N3O/c1-4-19-14(10-12(2)18-19)11-15(20)16(3,17)13-8-6-5-7-9-13/h5-10H,4,11,17H2,1-3H3. The molecule has 1 aromatic carbocycles. The van der Waals surface area contributed by atoms with Crippen LogP contribution in [0.4, 0.5) is 0 Å². The summed E-state index contributed by atoms with van der Waals surface area (Å²) in [4.78, 5) is 12.5. The first-order valence-electron chi connectivity index (χ1n) is 6.86. The largest absolute Gasteiger partial charge is 0.315 e. The van der Waals surface area contributed by atoms with Gasteiger partial charge in [0.25, 0.3) is 0 Å². The van der Waals surface area contributed by atoms with Crippen molar-refractivity contribution < 1.29 is 4.79 Å². The smallest absolute Gasteiger partial charge is 0.162 e. The van der Waals surface area contributed by atoms with Crippen LogP contribution < -0.4 is 5.73 Å². The minimum absolute atomic E-state index is 0.00157. The zero-order valence-electron chi connectivity index (χ0n) is 12.3. The molecule has 0 aliphatic rings. The van der Waals surface area contributed by atoms with Crippen LogP contribution in [0.15, 0.2) is 36.4 Å². The van der Waals surface area contributed by atoms with Crippen molar-refractivity contribution >= 4 is 5.78 Å². The van der Waals surface area contributed by atoms with E-state index < -0.39 is 5.54 Å². The Labute approximate surface area is 119 Å². The van der Waals surface area contributed by atoms with Crippen LogP contribution in [0.5, 0.6) is 0 Å². The molecule has 0 amide bonds. The number of rotatable bonds is 5. The number of carbonyl (C=O) groups excluding carboxylic acids is 1. The van der Waals surface area contributed by atoms with Gasteiger partial charge >= 0.3 is 0 Å². The maximum Gasteiger partial charge on any atom is 0.162 e. The Kier molecular flexibility index (Phi) is 4.04. The summed E-state index contributed by atoms with van der Waals surface area (Å²) >= 11 is 0. The molecule has 0 aliphatic heterocycles. The normalized spacial score (nSPS) is 14.0. The molecule has 1 atom stereocenters. The molecule has 1 aromatic heterocycles. The fourth-order valence-corrected chi connectivity index (χ4v) is 2.31. The summed E-state index contributed by atoms with van der Waals surface area (Å²) in [6.07, 6.45) is 0.302. The number of Topliss-reactive ketones (excluding diaryl/α,β-unsaturated/α-hetero) is 1. The molecule has 0 aliphatic carbocycles. The summed E-state index contributed by atoms with van der Waals surface area (Å²) in [6.45, 7) is 6.46. The summed E-state index contributed by atoms with van der Waals surface area (Å²) < 4.78 is 1.86. The van der Waals surface area contributed by atoms with E-state index in [4.69, 9.17) is 5.73 Å². The van der Waals surface area contributed by atoms with Gasteiger partial charge in [0, 0.05) is 12.2 Å². The van der Waals surface area contributed by atoms with Crippen LogP contribution in [0.2, 0.25) is 0 Å². The predicted molar refractivity (Wildman–Crippen MR) is 79.3 cm³/mol. The summed E-state index contributed by atoms with van der Waals surface area (Å²) in [6, 6.07) is 11.4. The van der Waals surface area contributed by atoms with Gasteiger partial charge in [0.2, 0.25) is 0 Å². The first-order valence-corrected chi connectivity index (χ1v) is 6.86. The molecular formula is C16H21N3O. The third-order valence-electron chi connectivity index (χ3n) is 3.58. The Morgan fingerprint density at radius 3 is 2.60 bits per heavy atom. The van der Waals surface area contributed by atoms with Crippen LogP contribution >= 0.6 is 0 Å². The molecule has 0 bridgehead atoms. The molecule has 2 aromatic rings. The van der Waals surface area contributed by atoms with Gasteiger partial charge in [-0.05, 0) is 32.4 Å². The van der Waals surface area contributed by atoms with Crippen LogP contribution in [0.25, 0.3) is 0 Å². The lowest BCUT2D eigenvalue weighted by Crippen LogP contribution is -2.43. The summed E-state index contributed by atoms with van der Waals surface area (Å²) in [5.74, 6) is -0.00157. The molecule has 4 nitrogen and oxygen atoms in total. The fraction of sp³-hybridized carbons (Fsp3) is 0.375. The van der Waals surface area contributed by atoms with E-state index in [9.17, 15) is 4.79 Å². The van der Waals surface area contributed by atoms with Gasteiger partial charge in [0.1, 0.15) is 0 Å². The van der Waals surface area contributed by atoms with Gasteiger partial charge in [-0.3, -0.25) is 9.48 Å². The van der Waals surface area contributed by atoms with E-state index in [0.29, 0.717) is 6.42 Å². The maximum atomic E-state index is 12.5. The SMILES string of the molecule is CCn1nc(C)cc1CC(=O)C(C)(N)c1ccccc1. The molecule has 0 spiro atoms. The van der Waals surface area contributed by atoms with E-state index >= 15 is 0 Å². The van der Waals surface area contributed by atoms with E-state index in [1.807, 2.05) is 54.9 Å². The van der Waals surface area contributed by atoms with E-state index in [1.165, 1.54) is 0 Å². The highest BCUT2D eigenvalue weighted by Crippen LogP contribution is 2.20. The average Bonchev–Trinajstić information content (AvgIpc) is 2.79. The Bertz CT molecular complexity index is 599. The summed E-state index contributed by atoms with van der Waals surface area (Å²) in [5, 5.41) is 4.36. The van der Waals surface area contributed by atoms with E-state index in [-0.39, 0.29) is 5.78 Å². The molecule has 4 heteroatoms. The van der Waals surface area contributed by atoms with Crippen molar-refractivity contribution in [2.24, 2.45) is 5.73 Å². The number of benzene rings is 1. The van der Waals surface area contributed by atoms with Gasteiger partial charge in [-0.25, -0.2) is 0 Å². The lowest BCUT2D eigenvalue weighted by molar-refractivity contribution is -0.123. The second-order valence-electron chi connectivity index (χ2n) is 5.26. The topological polar surface area (TPSA) is 60.9 Å². The second-order valence-corrected chi connectivity index (χ2v) is 5.26. The summed E-state index contributed by atoms with van der Waals surface area (Å²) in [5.41, 5.74) is 7.95. The Morgan fingerprint density at radius 1 is 1.35 bits per heavy atom. The molecule has 0 fully saturated rings. The Hall–Kier alpha value is -1.94. The molecule has 0 saturated heterocycles. The highest BCUT2D eigenvalue weighted by molar-refractivity contribution is 5.90. The van der Waals surface area contributed by atoms with Crippen LogP contribution in [-0.2, 0) is 23.3 Å². The number of nitrogens with two attached hydrogens (primary N) is 1. The van der Waals surface area contributed by atoms with Crippen LogP contribution in [0.1, 0.15) is 30.8 Å². The Balaban J connectivity index is 2.23. The van der Waals surface area contributed by atoms with Crippen molar-refractivity contribution in [3.63, 3.8) is 0 Å². The van der Waals surface area contributed by atoms with E-state index in [2.05, 4.69) is 5.10 Å². The highest BCUT2D eigenvalue weighted by Gasteiger charge is 2.30. The van der Waals surface area contributed by atoms with Gasteiger partial charge in [-0.15, -0.1) is 0 Å². The molecule has 0 radical (unpaired) electrons. The van der Waals surface area contributed by atoms with Crippen molar-refractivity contribution in [3.8, 4) is 0 Å². The van der Waals surface area contributed by atoms with Gasteiger partial charge in [0.15, 0.2) is 5.78 Å². The molecular weight excluding hydrogens is 250 g/mol. The first kappa shape index (κ1) is 14.5. The number of aromatic nitrogens is 2. The second kappa shape index (κ2) is 5.59. The first-order chi connectivity index (χ1) is 9.45. The van der Waals surface area contributed by atoms with Gasteiger partial charge < -0.3 is 5.73 Å². The lowest BCUT2D eigenvalue weighted by Gasteiger charge is -2.23. The number of ketones is 1. The number of nitrogens with zero attached hydrogens (tertiary/aromatic N) is 2. The lowest BCUT2D eigenvalue weighted by atomic mass is 9.86. The number of hydrogen-bond donors (Lipinski definition) is 1. The van der Waals surface area contributed by atoms with Crippen LogP contribution in [0, 0.1) is 6.92 Å². The zero-order chi connectivity index (χ0) is 14.8. The zero-order valence-corrected chi connectivity index (χ0v) is 12.3. The molecule has 2 rings (SSSR count). The van der Waals surface area contributed by atoms with E-state index in [1.54, 1.807) is 6.92 Å². The minimum Gasteiger partial charge on any atom is -0.315 e. The summed E-state index contributed by atoms with van der Waals surface area (Å²) in [7, 11) is 0. The van der Waals surface area contributed by atoms with Gasteiger partial charge in [0.05, 0.1) is 17.7 Å². The predicted octanol–water partition coefficient (Wildman–Crippen LogP) is 2.20. The van der Waals surface area contributed by atoms with Gasteiger partial charge in [-0.2, -0.15) is 5.10 Å². The van der Waals surface area contributed by atoms with Crippen molar-refractivity contribution in [2.75, 3.05) is 0 Å².